The average Bonchev–Trinajstić information content (AvgIpc) is 2.94. The average molecular weight is 410 g/mol. The van der Waals surface area contributed by atoms with E-state index in [-0.39, 0.29) is 11.2 Å². The summed E-state index contributed by atoms with van der Waals surface area (Å²) in [5.41, 5.74) is 11.7. The first-order valence-electron chi connectivity index (χ1n) is 10.7. The number of fused-ring (bicyclic) bond motifs is 3. The Morgan fingerprint density at radius 1 is 0.806 bits per heavy atom. The fraction of sp³-hybridized carbons (Fsp3) is 0.214. The van der Waals surface area contributed by atoms with Crippen LogP contribution in [0, 0.1) is 19.7 Å². The van der Waals surface area contributed by atoms with Crippen molar-refractivity contribution in [3.63, 3.8) is 0 Å². The molecule has 0 radical (unpaired) electrons. The molecule has 0 saturated heterocycles. The summed E-state index contributed by atoms with van der Waals surface area (Å²) in [6.07, 6.45) is 2.11. The zero-order valence-electron chi connectivity index (χ0n) is 18.6. The van der Waals surface area contributed by atoms with Crippen molar-refractivity contribution in [2.24, 2.45) is 7.05 Å². The van der Waals surface area contributed by atoms with E-state index in [0.29, 0.717) is 0 Å². The van der Waals surface area contributed by atoms with Gasteiger partial charge >= 0.3 is 0 Å². The second-order valence-electron chi connectivity index (χ2n) is 9.11. The maximum Gasteiger partial charge on any atom is 0.212 e. The highest BCUT2D eigenvalue weighted by Gasteiger charge is 2.38. The molecule has 0 unspecified atom stereocenters. The Labute approximate surface area is 183 Å². The Balaban J connectivity index is 1.64. The van der Waals surface area contributed by atoms with E-state index in [2.05, 4.69) is 81.9 Å². The van der Waals surface area contributed by atoms with Crippen LogP contribution in [0.3, 0.4) is 0 Å². The first-order valence-corrected chi connectivity index (χ1v) is 10.7. The number of nitrogens with zero attached hydrogens (tertiary/aromatic N) is 2. The second-order valence-corrected chi connectivity index (χ2v) is 9.11. The van der Waals surface area contributed by atoms with Gasteiger partial charge in [0.2, 0.25) is 5.69 Å². The summed E-state index contributed by atoms with van der Waals surface area (Å²) in [5.74, 6) is -0.216. The van der Waals surface area contributed by atoms with Gasteiger partial charge < -0.3 is 0 Å². The van der Waals surface area contributed by atoms with Crippen molar-refractivity contribution in [1.82, 2.24) is 4.98 Å². The van der Waals surface area contributed by atoms with E-state index < -0.39 is 0 Å². The molecule has 0 spiro atoms. The molecule has 1 aliphatic carbocycles. The molecule has 3 heteroatoms. The van der Waals surface area contributed by atoms with Crippen LogP contribution >= 0.6 is 0 Å². The summed E-state index contributed by atoms with van der Waals surface area (Å²) >= 11 is 0. The minimum absolute atomic E-state index is 0.103. The molecule has 0 amide bonds. The van der Waals surface area contributed by atoms with E-state index >= 15 is 0 Å². The van der Waals surface area contributed by atoms with Crippen molar-refractivity contribution in [3.05, 3.63) is 95.2 Å². The third-order valence-electron chi connectivity index (χ3n) is 6.54. The second kappa shape index (κ2) is 6.84. The minimum Gasteiger partial charge on any atom is -0.257 e. The molecule has 5 rings (SSSR count). The number of hydrogen-bond donors (Lipinski definition) is 0. The van der Waals surface area contributed by atoms with E-state index in [9.17, 15) is 4.39 Å². The molecule has 31 heavy (non-hydrogen) atoms. The molecule has 1 aliphatic rings. The van der Waals surface area contributed by atoms with Gasteiger partial charge in [-0.3, -0.25) is 4.98 Å². The molecule has 0 aliphatic heterocycles. The van der Waals surface area contributed by atoms with Crippen LogP contribution in [0.15, 0.2) is 66.9 Å². The summed E-state index contributed by atoms with van der Waals surface area (Å²) in [5, 5.41) is 0. The normalized spacial score (nSPS) is 13.7. The number of rotatable bonds is 2. The van der Waals surface area contributed by atoms with Crippen molar-refractivity contribution >= 4 is 0 Å². The smallest absolute Gasteiger partial charge is 0.212 e. The van der Waals surface area contributed by atoms with Gasteiger partial charge in [-0.05, 0) is 66.4 Å². The lowest BCUT2D eigenvalue weighted by atomic mass is 9.83. The maximum absolute atomic E-state index is 13.3. The van der Waals surface area contributed by atoms with Crippen molar-refractivity contribution in [1.29, 1.82) is 0 Å². The molecule has 2 aromatic carbocycles. The first-order chi connectivity index (χ1) is 14.8. The van der Waals surface area contributed by atoms with Gasteiger partial charge in [-0.1, -0.05) is 38.1 Å². The Morgan fingerprint density at radius 2 is 1.52 bits per heavy atom. The number of hydrogen-bond acceptors (Lipinski definition) is 1. The standard InChI is InChI=1S/C28H26FN2/c1-17-14-25-24(22-12-6-18(2)30-27(22)28(25,3)4)15-23(17)26-13-9-20(16-31(26)5)19-7-10-21(29)11-8-19/h6-16H,1-5H3/q+1. The molecule has 0 saturated carbocycles. The quantitative estimate of drug-likeness (QED) is 0.355. The highest BCUT2D eigenvalue weighted by atomic mass is 19.1. The highest BCUT2D eigenvalue weighted by molar-refractivity contribution is 5.84. The summed E-state index contributed by atoms with van der Waals surface area (Å²) in [6, 6.07) is 19.9. The fourth-order valence-electron chi connectivity index (χ4n) is 4.80. The lowest BCUT2D eigenvalue weighted by Crippen LogP contribution is -2.31. The number of aryl methyl sites for hydroxylation is 3. The fourth-order valence-corrected chi connectivity index (χ4v) is 4.80. The van der Waals surface area contributed by atoms with Crippen molar-refractivity contribution in [3.8, 4) is 33.5 Å². The van der Waals surface area contributed by atoms with E-state index in [0.717, 1.165) is 28.2 Å². The van der Waals surface area contributed by atoms with E-state index in [1.165, 1.54) is 39.9 Å². The first kappa shape index (κ1) is 19.6. The molecule has 154 valence electrons. The number of halogens is 1. The molecular weight excluding hydrogens is 383 g/mol. The van der Waals surface area contributed by atoms with Gasteiger partial charge in [-0.15, -0.1) is 0 Å². The molecule has 2 heterocycles. The van der Waals surface area contributed by atoms with Gasteiger partial charge in [0.05, 0.1) is 5.69 Å². The van der Waals surface area contributed by atoms with Crippen molar-refractivity contribution < 1.29 is 8.96 Å². The van der Waals surface area contributed by atoms with Gasteiger partial charge in [0.25, 0.3) is 0 Å². The molecular formula is C28H26FN2+. The Hall–Kier alpha value is -3.33. The summed E-state index contributed by atoms with van der Waals surface area (Å²) in [4.78, 5) is 4.89. The van der Waals surface area contributed by atoms with Crippen molar-refractivity contribution in [2.45, 2.75) is 33.1 Å². The van der Waals surface area contributed by atoms with E-state index in [1.807, 2.05) is 12.1 Å². The number of aromatic nitrogens is 2. The van der Waals surface area contributed by atoms with Gasteiger partial charge in [-0.2, -0.15) is 0 Å². The van der Waals surface area contributed by atoms with Gasteiger partial charge in [0.1, 0.15) is 12.9 Å². The Kier molecular flexibility index (Phi) is 4.33. The zero-order chi connectivity index (χ0) is 21.9. The Bertz CT molecular complexity index is 1330. The van der Waals surface area contributed by atoms with Crippen LogP contribution in [0.5, 0.6) is 0 Å². The van der Waals surface area contributed by atoms with Crippen LogP contribution in [-0.4, -0.2) is 4.98 Å². The van der Waals surface area contributed by atoms with Crippen LogP contribution < -0.4 is 4.57 Å². The van der Waals surface area contributed by atoms with Crippen LogP contribution in [0.1, 0.15) is 36.4 Å². The van der Waals surface area contributed by atoms with Crippen molar-refractivity contribution in [2.75, 3.05) is 0 Å². The van der Waals surface area contributed by atoms with E-state index in [1.54, 1.807) is 0 Å². The lowest BCUT2D eigenvalue weighted by Gasteiger charge is -2.21. The summed E-state index contributed by atoms with van der Waals surface area (Å²) < 4.78 is 15.4. The van der Waals surface area contributed by atoms with E-state index in [4.69, 9.17) is 4.98 Å². The zero-order valence-corrected chi connectivity index (χ0v) is 18.6. The van der Waals surface area contributed by atoms with Gasteiger partial charge in [0, 0.05) is 33.9 Å². The monoisotopic (exact) mass is 409 g/mol. The molecule has 4 aromatic rings. The lowest BCUT2D eigenvalue weighted by molar-refractivity contribution is -0.659. The predicted molar refractivity (Wildman–Crippen MR) is 123 cm³/mol. The van der Waals surface area contributed by atoms with Crippen LogP contribution in [-0.2, 0) is 12.5 Å². The number of benzene rings is 2. The van der Waals surface area contributed by atoms with Crippen LogP contribution in [0.4, 0.5) is 4.39 Å². The molecule has 0 N–H and O–H groups in total. The SMILES string of the molecule is Cc1ccc2c(n1)C(C)(C)c1cc(C)c(-c3ccc(-c4ccc(F)cc4)c[n+]3C)cc1-2. The molecule has 2 nitrogen and oxygen atoms in total. The van der Waals surface area contributed by atoms with Crippen LogP contribution in [0.25, 0.3) is 33.5 Å². The maximum atomic E-state index is 13.3. The van der Waals surface area contributed by atoms with Crippen LogP contribution in [0.2, 0.25) is 0 Å². The largest absolute Gasteiger partial charge is 0.257 e. The molecule has 0 atom stereocenters. The number of pyridine rings is 2. The topological polar surface area (TPSA) is 16.8 Å². The highest BCUT2D eigenvalue weighted by Crippen LogP contribution is 2.49. The summed E-state index contributed by atoms with van der Waals surface area (Å²) in [6.45, 7) is 8.77. The molecule has 2 aromatic heterocycles. The minimum atomic E-state index is -0.216. The molecule has 0 bridgehead atoms. The summed E-state index contributed by atoms with van der Waals surface area (Å²) in [7, 11) is 2.07. The third kappa shape index (κ3) is 3.07. The Morgan fingerprint density at radius 3 is 2.23 bits per heavy atom. The molecule has 0 fully saturated rings. The van der Waals surface area contributed by atoms with Gasteiger partial charge in [0.15, 0.2) is 6.20 Å². The predicted octanol–water partition coefficient (Wildman–Crippen LogP) is 6.30. The third-order valence-corrected chi connectivity index (χ3v) is 6.54. The van der Waals surface area contributed by atoms with Gasteiger partial charge in [-0.25, -0.2) is 8.96 Å².